The van der Waals surface area contributed by atoms with Crippen molar-refractivity contribution in [1.82, 2.24) is 0 Å². The number of carbonyl (C=O) groups excluding carboxylic acids is 1. The van der Waals surface area contributed by atoms with Crippen molar-refractivity contribution in [1.29, 1.82) is 0 Å². The first-order chi connectivity index (χ1) is 16.3. The summed E-state index contributed by atoms with van der Waals surface area (Å²) in [5, 5.41) is 0. The predicted octanol–water partition coefficient (Wildman–Crippen LogP) is 5.34. The van der Waals surface area contributed by atoms with E-state index in [4.69, 9.17) is 9.47 Å². The van der Waals surface area contributed by atoms with E-state index in [-0.39, 0.29) is 6.61 Å². The minimum Gasteiger partial charge on any atom is -0.458 e. The van der Waals surface area contributed by atoms with Gasteiger partial charge in [-0.1, -0.05) is 42.7 Å². The van der Waals surface area contributed by atoms with Gasteiger partial charge in [0.2, 0.25) is 0 Å². The summed E-state index contributed by atoms with van der Waals surface area (Å²) in [5.41, 5.74) is 4.00. The van der Waals surface area contributed by atoms with E-state index in [0.717, 1.165) is 39.8 Å². The number of benzene rings is 2. The molecule has 4 heteroatoms. The molecule has 0 aromatic heterocycles. The summed E-state index contributed by atoms with van der Waals surface area (Å²) in [4.78, 5) is 11.1. The lowest BCUT2D eigenvalue weighted by Crippen LogP contribution is -2.36. The van der Waals surface area contributed by atoms with Gasteiger partial charge in [0.1, 0.15) is 6.61 Å². The molecule has 1 aliphatic rings. The molecule has 34 heavy (non-hydrogen) atoms. The summed E-state index contributed by atoms with van der Waals surface area (Å²) < 4.78 is 12.1. The lowest BCUT2D eigenvalue weighted by molar-refractivity contribution is -0.870. The Morgan fingerprint density at radius 3 is 2.06 bits per heavy atom. The molecule has 4 nitrogen and oxygen atoms in total. The number of esters is 1. The number of carbonyl (C=O) groups is 1. The number of nitrogens with zero attached hydrogens (tertiary/aromatic N) is 1. The first-order valence-corrected chi connectivity index (χ1v) is 12.2. The van der Waals surface area contributed by atoms with Gasteiger partial charge in [0.25, 0.3) is 0 Å². The average Bonchev–Trinajstić information content (AvgIpc) is 3.29. The van der Waals surface area contributed by atoms with Gasteiger partial charge in [0.05, 0.1) is 34.3 Å². The third-order valence-electron chi connectivity index (χ3n) is 6.29. The Balaban J connectivity index is 1.39. The quantitative estimate of drug-likeness (QED) is 0.208. The molecular weight excluding hydrogens is 422 g/mol. The molecule has 0 N–H and O–H groups in total. The number of quaternary nitrogens is 1. The second-order valence-corrected chi connectivity index (χ2v) is 10.3. The lowest BCUT2D eigenvalue weighted by Gasteiger charge is -2.25. The number of ether oxygens (including phenoxy) is 2. The van der Waals surface area contributed by atoms with Gasteiger partial charge in [-0.15, -0.1) is 0 Å². The fourth-order valence-electron chi connectivity index (χ4n) is 4.23. The summed E-state index contributed by atoms with van der Waals surface area (Å²) in [5.74, 6) is 7.55. The van der Waals surface area contributed by atoms with Crippen molar-refractivity contribution in [2.24, 2.45) is 11.8 Å². The molecule has 2 aromatic rings. The fourth-order valence-corrected chi connectivity index (χ4v) is 4.23. The topological polar surface area (TPSA) is 35.5 Å². The zero-order valence-corrected chi connectivity index (χ0v) is 20.9. The molecule has 0 radical (unpaired) electrons. The zero-order chi connectivity index (χ0) is 24.4. The molecule has 180 valence electrons. The van der Waals surface area contributed by atoms with E-state index in [1.165, 1.54) is 37.8 Å². The van der Waals surface area contributed by atoms with Crippen molar-refractivity contribution in [3.05, 3.63) is 83.4 Å². The van der Waals surface area contributed by atoms with E-state index in [1.54, 1.807) is 0 Å². The Labute approximate surface area is 205 Å². The molecule has 0 amide bonds. The Bertz CT molecular complexity index is 991. The maximum Gasteiger partial charge on any atom is 0.330 e. The van der Waals surface area contributed by atoms with E-state index >= 15 is 0 Å². The smallest absolute Gasteiger partial charge is 0.330 e. The maximum atomic E-state index is 11.1. The first kappa shape index (κ1) is 25.7. The van der Waals surface area contributed by atoms with Crippen LogP contribution in [0.1, 0.15) is 47.9 Å². The van der Waals surface area contributed by atoms with Crippen molar-refractivity contribution in [2.75, 3.05) is 34.3 Å². The van der Waals surface area contributed by atoms with Crippen LogP contribution in [-0.4, -0.2) is 44.7 Å². The van der Waals surface area contributed by atoms with Crippen LogP contribution in [0.25, 0.3) is 0 Å². The number of hydrogen-bond acceptors (Lipinski definition) is 3. The van der Waals surface area contributed by atoms with Crippen LogP contribution >= 0.6 is 0 Å². The van der Waals surface area contributed by atoms with Crippen molar-refractivity contribution in [3.8, 4) is 11.8 Å². The molecule has 0 spiro atoms. The lowest BCUT2D eigenvalue weighted by atomic mass is 10.0. The van der Waals surface area contributed by atoms with Gasteiger partial charge < -0.3 is 14.0 Å². The highest BCUT2D eigenvalue weighted by Crippen LogP contribution is 2.33. The number of hydrogen-bond donors (Lipinski definition) is 0. The normalized spacial score (nSPS) is 17.6. The third kappa shape index (κ3) is 9.17. The molecule has 0 saturated heterocycles. The molecule has 0 bridgehead atoms. The Morgan fingerprint density at radius 2 is 1.50 bits per heavy atom. The summed E-state index contributed by atoms with van der Waals surface area (Å²) >= 11 is 0. The Kier molecular flexibility index (Phi) is 9.51. The molecule has 1 fully saturated rings. The van der Waals surface area contributed by atoms with E-state index < -0.39 is 5.97 Å². The molecule has 1 aliphatic carbocycles. The van der Waals surface area contributed by atoms with Crippen LogP contribution in [0, 0.1) is 23.7 Å². The second-order valence-electron chi connectivity index (χ2n) is 10.3. The Hall–Kier alpha value is -2.87. The molecule has 1 saturated carbocycles. The predicted molar refractivity (Wildman–Crippen MR) is 137 cm³/mol. The monoisotopic (exact) mass is 460 g/mol. The maximum absolute atomic E-state index is 11.1. The molecule has 3 rings (SSSR count). The van der Waals surface area contributed by atoms with Crippen molar-refractivity contribution < 1.29 is 18.8 Å². The minimum atomic E-state index is -0.420. The highest BCUT2D eigenvalue weighted by molar-refractivity contribution is 5.81. The van der Waals surface area contributed by atoms with Crippen molar-refractivity contribution >= 4 is 5.97 Å². The second kappa shape index (κ2) is 12.6. The minimum absolute atomic E-state index is 0.236. The molecule has 2 atom stereocenters. The van der Waals surface area contributed by atoms with Crippen LogP contribution < -0.4 is 0 Å². The molecule has 2 unspecified atom stereocenters. The number of rotatable bonds is 10. The zero-order valence-electron chi connectivity index (χ0n) is 20.9. The first-order valence-electron chi connectivity index (χ1n) is 12.2. The van der Waals surface area contributed by atoms with Crippen molar-refractivity contribution in [3.63, 3.8) is 0 Å². The molecule has 0 heterocycles. The van der Waals surface area contributed by atoms with Gasteiger partial charge in [-0.25, -0.2) is 4.79 Å². The summed E-state index contributed by atoms with van der Waals surface area (Å²) in [6.45, 7) is 6.41. The van der Waals surface area contributed by atoms with Crippen LogP contribution in [0.15, 0.2) is 61.2 Å². The van der Waals surface area contributed by atoms with E-state index in [0.29, 0.717) is 12.5 Å². The molecule has 0 aliphatic heterocycles. The van der Waals surface area contributed by atoms with E-state index in [1.807, 2.05) is 36.4 Å². The van der Waals surface area contributed by atoms with Gasteiger partial charge >= 0.3 is 5.97 Å². The van der Waals surface area contributed by atoms with E-state index in [2.05, 4.69) is 51.7 Å². The van der Waals surface area contributed by atoms with Gasteiger partial charge in [0, 0.05) is 23.8 Å². The average molecular weight is 461 g/mol. The van der Waals surface area contributed by atoms with Gasteiger partial charge in [-0.2, -0.15) is 0 Å². The SMILES string of the molecule is C=CC(=O)OCc1ccc(C#Cc2ccc(COCC3CCC(CC[N+](C)(C)C)C3)cc2)cc1. The summed E-state index contributed by atoms with van der Waals surface area (Å²) in [6, 6.07) is 16.0. The van der Waals surface area contributed by atoms with Crippen LogP contribution in [0.5, 0.6) is 0 Å². The van der Waals surface area contributed by atoms with Gasteiger partial charge in [0.15, 0.2) is 0 Å². The Morgan fingerprint density at radius 1 is 0.941 bits per heavy atom. The van der Waals surface area contributed by atoms with Crippen LogP contribution in [0.4, 0.5) is 0 Å². The highest BCUT2D eigenvalue weighted by Gasteiger charge is 2.26. The van der Waals surface area contributed by atoms with Gasteiger partial charge in [-0.3, -0.25) is 0 Å². The van der Waals surface area contributed by atoms with Crippen LogP contribution in [-0.2, 0) is 27.5 Å². The standard InChI is InChI=1S/C30H38NO3/c1-5-30(32)34-23-28-15-10-25(11-16-28)7-6-24-8-13-27(14-9-24)21-33-22-29-17-12-26(20-29)18-19-31(2,3)4/h5,8-11,13-16,26,29H,1,12,17-23H2,2-4H3/q+1. The largest absolute Gasteiger partial charge is 0.458 e. The van der Waals surface area contributed by atoms with E-state index in [9.17, 15) is 4.79 Å². The fraction of sp³-hybridized carbons (Fsp3) is 0.433. The van der Waals surface area contributed by atoms with Crippen molar-refractivity contribution in [2.45, 2.75) is 38.9 Å². The highest BCUT2D eigenvalue weighted by atomic mass is 16.5. The summed E-state index contributed by atoms with van der Waals surface area (Å²) in [7, 11) is 6.83. The molecule has 2 aromatic carbocycles. The summed E-state index contributed by atoms with van der Waals surface area (Å²) in [6.07, 6.45) is 6.47. The van der Waals surface area contributed by atoms with Crippen LogP contribution in [0.3, 0.4) is 0 Å². The third-order valence-corrected chi connectivity index (χ3v) is 6.29. The van der Waals surface area contributed by atoms with Crippen LogP contribution in [0.2, 0.25) is 0 Å². The van der Waals surface area contributed by atoms with Gasteiger partial charge in [-0.05, 0) is 72.9 Å². The molecular formula is C30H38NO3+.